The lowest BCUT2D eigenvalue weighted by Crippen LogP contribution is -2.11. The van der Waals surface area contributed by atoms with Gasteiger partial charge in [-0.3, -0.25) is 9.36 Å². The molecule has 7 nitrogen and oxygen atoms in total. The molecule has 0 aliphatic rings. The minimum Gasteiger partial charge on any atom is -0.396 e. The van der Waals surface area contributed by atoms with Crippen molar-refractivity contribution in [3.05, 3.63) is 29.7 Å². The summed E-state index contributed by atoms with van der Waals surface area (Å²) in [6.07, 6.45) is 0. The number of amides is 1. The van der Waals surface area contributed by atoms with Crippen LogP contribution in [0, 0.1) is 11.7 Å². The van der Waals surface area contributed by atoms with Gasteiger partial charge in [0.2, 0.25) is 0 Å². The van der Waals surface area contributed by atoms with Crippen molar-refractivity contribution in [2.75, 3.05) is 5.73 Å². The summed E-state index contributed by atoms with van der Waals surface area (Å²) in [5.74, 6) is -0.951. The minimum atomic E-state index is -4.54. The zero-order valence-corrected chi connectivity index (χ0v) is 13.5. The zero-order valence-electron chi connectivity index (χ0n) is 12.6. The van der Waals surface area contributed by atoms with E-state index >= 15 is 0 Å². The fourth-order valence-corrected chi connectivity index (χ4v) is 2.52. The monoisotopic (exact) mass is 341 g/mol. The average Bonchev–Trinajstić information content (AvgIpc) is 2.78. The highest BCUT2D eigenvalue weighted by molar-refractivity contribution is 7.67. The van der Waals surface area contributed by atoms with Crippen molar-refractivity contribution < 1.29 is 23.5 Å². The number of nitrogens with zero attached hydrogens (tertiary/aromatic N) is 2. The number of nitrogen functional groups attached to an aromatic ring is 1. The highest BCUT2D eigenvalue weighted by atomic mass is 31.2. The van der Waals surface area contributed by atoms with Crippen LogP contribution in [-0.4, -0.2) is 26.2 Å². The van der Waals surface area contributed by atoms with Crippen molar-refractivity contribution in [3.63, 3.8) is 0 Å². The quantitative estimate of drug-likeness (QED) is 0.448. The second-order valence-corrected chi connectivity index (χ2v) is 6.98. The summed E-state index contributed by atoms with van der Waals surface area (Å²) in [7, 11) is -4.54. The van der Waals surface area contributed by atoms with Crippen molar-refractivity contribution in [1.29, 1.82) is 0 Å². The molecule has 23 heavy (non-hydrogen) atoms. The first-order chi connectivity index (χ1) is 10.6. The molecule has 0 fully saturated rings. The van der Waals surface area contributed by atoms with Crippen molar-refractivity contribution in [2.24, 2.45) is 10.9 Å². The molecule has 9 heteroatoms. The van der Waals surface area contributed by atoms with E-state index in [0.29, 0.717) is 23.4 Å². The largest absolute Gasteiger partial charge is 0.396 e. The van der Waals surface area contributed by atoms with Crippen LogP contribution >= 0.6 is 7.60 Å². The summed E-state index contributed by atoms with van der Waals surface area (Å²) >= 11 is 0. The van der Waals surface area contributed by atoms with E-state index in [1.54, 1.807) is 4.57 Å². The molecule has 0 atom stereocenters. The Morgan fingerprint density at radius 1 is 1.48 bits per heavy atom. The van der Waals surface area contributed by atoms with E-state index in [9.17, 15) is 13.8 Å². The van der Waals surface area contributed by atoms with Crippen LogP contribution in [0.25, 0.3) is 10.9 Å². The molecular formula is C14H17FN3O4P. The van der Waals surface area contributed by atoms with Gasteiger partial charge in [-0.15, -0.1) is 0 Å². The number of halogens is 1. The van der Waals surface area contributed by atoms with Crippen molar-refractivity contribution in [3.8, 4) is 0 Å². The molecule has 0 aliphatic carbocycles. The Kier molecular flexibility index (Phi) is 4.70. The van der Waals surface area contributed by atoms with Crippen LogP contribution in [0.2, 0.25) is 0 Å². The number of anilines is 1. The first kappa shape index (κ1) is 17.3. The molecule has 0 saturated carbocycles. The van der Waals surface area contributed by atoms with Crippen molar-refractivity contribution in [1.82, 2.24) is 4.57 Å². The van der Waals surface area contributed by atoms with E-state index in [2.05, 4.69) is 4.99 Å². The van der Waals surface area contributed by atoms with Gasteiger partial charge in [0.15, 0.2) is 0 Å². The third-order valence-electron chi connectivity index (χ3n) is 3.17. The number of aliphatic imine (C=N–C) groups is 1. The summed E-state index contributed by atoms with van der Waals surface area (Å²) < 4.78 is 26.0. The Hall–Kier alpha value is -2.02. The third-order valence-corrected chi connectivity index (χ3v) is 3.58. The van der Waals surface area contributed by atoms with E-state index in [4.69, 9.17) is 15.5 Å². The van der Waals surface area contributed by atoms with E-state index in [0.717, 1.165) is 0 Å². The lowest BCUT2D eigenvalue weighted by atomic mass is 10.2. The molecule has 124 valence electrons. The highest BCUT2D eigenvalue weighted by Crippen LogP contribution is 2.31. The van der Waals surface area contributed by atoms with Crippen LogP contribution in [0.15, 0.2) is 23.2 Å². The Bertz CT molecular complexity index is 838. The van der Waals surface area contributed by atoms with Gasteiger partial charge in [0, 0.05) is 11.9 Å². The molecule has 1 aromatic carbocycles. The Balaban J connectivity index is 2.62. The van der Waals surface area contributed by atoms with Crippen LogP contribution in [0.4, 0.5) is 10.1 Å². The first-order valence-corrected chi connectivity index (χ1v) is 8.50. The Morgan fingerprint density at radius 3 is 2.70 bits per heavy atom. The van der Waals surface area contributed by atoms with Crippen LogP contribution in [0.1, 0.15) is 24.3 Å². The molecule has 0 radical (unpaired) electrons. The maximum absolute atomic E-state index is 13.6. The zero-order chi connectivity index (χ0) is 17.4. The van der Waals surface area contributed by atoms with Crippen LogP contribution in [-0.2, 0) is 11.1 Å². The number of carbonyl (C=O) groups excluding carboxylic acids is 1. The number of hydrogen-bond donors (Lipinski definition) is 3. The SMILES string of the molecule is CC(C)Cn1c(C(=O)N=CP(=O)(O)O)cc2c(N)c(F)ccc21. The molecule has 1 amide bonds. The molecule has 0 saturated heterocycles. The Labute approximate surface area is 131 Å². The van der Waals surface area contributed by atoms with Gasteiger partial charge in [-0.25, -0.2) is 9.38 Å². The predicted molar refractivity (Wildman–Crippen MR) is 86.0 cm³/mol. The van der Waals surface area contributed by atoms with Gasteiger partial charge in [0.05, 0.1) is 11.2 Å². The van der Waals surface area contributed by atoms with E-state index < -0.39 is 19.3 Å². The number of hydrogen-bond acceptors (Lipinski definition) is 3. The fraction of sp³-hybridized carbons (Fsp3) is 0.286. The molecule has 2 rings (SSSR count). The van der Waals surface area contributed by atoms with E-state index in [1.165, 1.54) is 18.2 Å². The van der Waals surface area contributed by atoms with Gasteiger partial charge in [0.1, 0.15) is 17.5 Å². The maximum atomic E-state index is 13.6. The molecule has 1 aromatic heterocycles. The second kappa shape index (κ2) is 6.23. The number of aromatic nitrogens is 1. The molecule has 0 bridgehead atoms. The van der Waals surface area contributed by atoms with Crippen molar-refractivity contribution >= 4 is 36.0 Å². The predicted octanol–water partition coefficient (Wildman–Crippen LogP) is 2.36. The first-order valence-electron chi connectivity index (χ1n) is 6.82. The van der Waals surface area contributed by atoms with Crippen LogP contribution < -0.4 is 5.73 Å². The normalized spacial score (nSPS) is 12.6. The number of nitrogens with two attached hydrogens (primary N) is 1. The van der Waals surface area contributed by atoms with Gasteiger partial charge >= 0.3 is 7.60 Å². The molecule has 4 N–H and O–H groups in total. The molecule has 2 aromatic rings. The van der Waals surface area contributed by atoms with E-state index in [1.807, 2.05) is 13.8 Å². The molecular weight excluding hydrogens is 324 g/mol. The third kappa shape index (κ3) is 3.85. The number of rotatable bonds is 4. The topological polar surface area (TPSA) is 118 Å². The molecule has 0 spiro atoms. The summed E-state index contributed by atoms with van der Waals surface area (Å²) in [4.78, 5) is 33.0. The molecule has 1 heterocycles. The van der Waals surface area contributed by atoms with Gasteiger partial charge in [-0.2, -0.15) is 0 Å². The summed E-state index contributed by atoms with van der Waals surface area (Å²) in [6.45, 7) is 4.32. The minimum absolute atomic E-state index is 0.0852. The molecule has 0 unspecified atom stereocenters. The Morgan fingerprint density at radius 2 is 2.13 bits per heavy atom. The summed E-state index contributed by atoms with van der Waals surface area (Å²) in [6, 6.07) is 4.10. The fourth-order valence-electron chi connectivity index (χ4n) is 2.26. The summed E-state index contributed by atoms with van der Waals surface area (Å²) in [5.41, 5.74) is 6.28. The summed E-state index contributed by atoms with van der Waals surface area (Å²) in [5, 5.41) is 0.361. The number of benzene rings is 1. The van der Waals surface area contributed by atoms with Crippen molar-refractivity contribution in [2.45, 2.75) is 20.4 Å². The average molecular weight is 341 g/mol. The van der Waals surface area contributed by atoms with Crippen LogP contribution in [0.5, 0.6) is 0 Å². The van der Waals surface area contributed by atoms with Crippen LogP contribution in [0.3, 0.4) is 0 Å². The standard InChI is InChI=1S/C14H17FN3O4P/c1-8(2)6-18-11-4-3-10(15)13(16)9(11)5-12(18)14(19)17-7-23(20,21)22/h3-5,7-8H,6,16H2,1-2H3,(H2,20,21,22). The van der Waals surface area contributed by atoms with Gasteiger partial charge in [-0.05, 0) is 24.1 Å². The van der Waals surface area contributed by atoms with Gasteiger partial charge in [0.25, 0.3) is 5.91 Å². The van der Waals surface area contributed by atoms with E-state index in [-0.39, 0.29) is 17.3 Å². The number of fused-ring (bicyclic) bond motifs is 1. The second-order valence-electron chi connectivity index (χ2n) is 5.57. The smallest absolute Gasteiger partial charge is 0.367 e. The van der Waals surface area contributed by atoms with Gasteiger partial charge < -0.3 is 20.1 Å². The lowest BCUT2D eigenvalue weighted by Gasteiger charge is -2.11. The lowest BCUT2D eigenvalue weighted by molar-refractivity contribution is 0.0994. The maximum Gasteiger partial charge on any atom is 0.367 e. The van der Waals surface area contributed by atoms with Gasteiger partial charge in [-0.1, -0.05) is 13.8 Å². The highest BCUT2D eigenvalue weighted by Gasteiger charge is 2.19. The molecule has 0 aliphatic heterocycles. The number of carbonyl (C=O) groups is 1.